The summed E-state index contributed by atoms with van der Waals surface area (Å²) in [4.78, 5) is 0. The van der Waals surface area contributed by atoms with Crippen LogP contribution in [0.4, 0.5) is 0 Å². The molecule has 1 fully saturated rings. The van der Waals surface area contributed by atoms with Crippen LogP contribution in [0, 0.1) is 10.8 Å². The molecule has 1 heterocycles. The third-order valence-electron chi connectivity index (χ3n) is 3.98. The van der Waals surface area contributed by atoms with Crippen molar-refractivity contribution in [2.45, 2.75) is 66.3 Å². The van der Waals surface area contributed by atoms with Gasteiger partial charge in [0.15, 0.2) is 0 Å². The summed E-state index contributed by atoms with van der Waals surface area (Å²) in [6.45, 7) is 18.1. The number of piperidine rings is 1. The monoisotopic (exact) mass is 209 g/mol. The van der Waals surface area contributed by atoms with E-state index >= 15 is 0 Å². The van der Waals surface area contributed by atoms with Crippen LogP contribution >= 0.6 is 0 Å². The van der Waals surface area contributed by atoms with Crippen LogP contribution in [0.25, 0.3) is 0 Å². The third kappa shape index (κ3) is 2.07. The van der Waals surface area contributed by atoms with Crippen molar-refractivity contribution in [3.8, 4) is 0 Å². The summed E-state index contributed by atoms with van der Waals surface area (Å²) < 4.78 is 0. The normalized spacial score (nSPS) is 22.4. The molecule has 0 unspecified atom stereocenters. The predicted molar refractivity (Wildman–Crippen MR) is 67.8 cm³/mol. The van der Waals surface area contributed by atoms with Gasteiger partial charge < -0.3 is 5.32 Å². The first kappa shape index (κ1) is 12.6. The lowest BCUT2D eigenvalue weighted by molar-refractivity contribution is 0.00977. The van der Waals surface area contributed by atoms with Gasteiger partial charge in [-0.2, -0.15) is 0 Å². The van der Waals surface area contributed by atoms with Gasteiger partial charge in [-0.1, -0.05) is 48.1 Å². The highest BCUT2D eigenvalue weighted by Gasteiger charge is 2.51. The summed E-state index contributed by atoms with van der Waals surface area (Å²) in [5.41, 5.74) is 1.91. The second kappa shape index (κ2) is 3.54. The van der Waals surface area contributed by atoms with Crippen LogP contribution < -0.4 is 5.32 Å². The van der Waals surface area contributed by atoms with Crippen LogP contribution in [0.15, 0.2) is 12.3 Å². The van der Waals surface area contributed by atoms with Crippen molar-refractivity contribution in [1.29, 1.82) is 0 Å². The molecule has 1 aliphatic heterocycles. The quantitative estimate of drug-likeness (QED) is 0.633. The van der Waals surface area contributed by atoms with Crippen molar-refractivity contribution in [2.24, 2.45) is 10.8 Å². The Kier molecular flexibility index (Phi) is 2.97. The molecule has 1 rings (SSSR count). The number of allylic oxidation sites excluding steroid dienone is 1. The highest BCUT2D eigenvalue weighted by Crippen LogP contribution is 2.49. The second-order valence-corrected chi connectivity index (χ2v) is 6.99. The molecule has 0 saturated carbocycles. The van der Waals surface area contributed by atoms with E-state index in [-0.39, 0.29) is 16.4 Å². The molecule has 1 N–H and O–H groups in total. The largest absolute Gasteiger partial charge is 0.382 e. The molecule has 1 heteroatoms. The van der Waals surface area contributed by atoms with Crippen LogP contribution in [0.1, 0.15) is 60.8 Å². The molecule has 0 aromatic rings. The molecule has 0 aliphatic carbocycles. The zero-order chi connectivity index (χ0) is 11.9. The Bertz CT molecular complexity index is 235. The van der Waals surface area contributed by atoms with E-state index in [9.17, 15) is 0 Å². The van der Waals surface area contributed by atoms with E-state index in [0.717, 1.165) is 6.42 Å². The second-order valence-electron chi connectivity index (χ2n) is 6.99. The van der Waals surface area contributed by atoms with Gasteiger partial charge in [0.05, 0.1) is 0 Å². The highest BCUT2D eigenvalue weighted by molar-refractivity contribution is 5.14. The van der Waals surface area contributed by atoms with E-state index in [1.807, 2.05) is 0 Å². The zero-order valence-electron chi connectivity index (χ0n) is 11.3. The maximum absolute atomic E-state index is 4.13. The first-order valence-corrected chi connectivity index (χ1v) is 6.06. The predicted octanol–water partition coefficient (Wildman–Crippen LogP) is 4.10. The summed E-state index contributed by atoms with van der Waals surface area (Å²) in [7, 11) is 0. The van der Waals surface area contributed by atoms with Crippen LogP contribution in [0.3, 0.4) is 0 Å². The van der Waals surface area contributed by atoms with Crippen molar-refractivity contribution < 1.29 is 0 Å². The fourth-order valence-corrected chi connectivity index (χ4v) is 3.24. The number of rotatable bonds is 0. The van der Waals surface area contributed by atoms with Gasteiger partial charge in [0.25, 0.3) is 0 Å². The SMILES string of the molecule is C=C1CCCC(C(C)(C)C)(C(C)(C)C)N1. The van der Waals surface area contributed by atoms with Crippen LogP contribution in [0.2, 0.25) is 0 Å². The van der Waals surface area contributed by atoms with Gasteiger partial charge in [0, 0.05) is 11.2 Å². The molecule has 0 bridgehead atoms. The molecule has 88 valence electrons. The van der Waals surface area contributed by atoms with Crippen LogP contribution in [-0.2, 0) is 0 Å². The molecule has 15 heavy (non-hydrogen) atoms. The number of hydrogen-bond donors (Lipinski definition) is 1. The Balaban J connectivity index is 3.13. The van der Waals surface area contributed by atoms with Gasteiger partial charge >= 0.3 is 0 Å². The molecular weight excluding hydrogens is 182 g/mol. The lowest BCUT2D eigenvalue weighted by Gasteiger charge is -2.57. The van der Waals surface area contributed by atoms with E-state index < -0.39 is 0 Å². The Labute approximate surface area is 95.3 Å². The molecule has 0 aromatic carbocycles. The van der Waals surface area contributed by atoms with Crippen LogP contribution in [0.5, 0.6) is 0 Å². The number of hydrogen-bond acceptors (Lipinski definition) is 1. The van der Waals surface area contributed by atoms with Crippen molar-refractivity contribution >= 4 is 0 Å². The fourth-order valence-electron chi connectivity index (χ4n) is 3.24. The van der Waals surface area contributed by atoms with Crippen molar-refractivity contribution in [3.63, 3.8) is 0 Å². The first-order chi connectivity index (χ1) is 6.60. The molecule has 1 saturated heterocycles. The Morgan fingerprint density at radius 2 is 1.53 bits per heavy atom. The van der Waals surface area contributed by atoms with E-state index in [0.29, 0.717) is 0 Å². The first-order valence-electron chi connectivity index (χ1n) is 6.06. The van der Waals surface area contributed by atoms with Gasteiger partial charge in [-0.3, -0.25) is 0 Å². The lowest BCUT2D eigenvalue weighted by atomic mass is 9.57. The standard InChI is InChI=1S/C14H27N/c1-11-9-8-10-14(15-11,12(2,3)4)13(5,6)7/h15H,1,8-10H2,2-7H3. The lowest BCUT2D eigenvalue weighted by Crippen LogP contribution is -2.63. The van der Waals surface area contributed by atoms with Crippen molar-refractivity contribution in [1.82, 2.24) is 5.32 Å². The van der Waals surface area contributed by atoms with E-state index in [4.69, 9.17) is 0 Å². The smallest absolute Gasteiger partial charge is 0.0467 e. The number of nitrogens with one attached hydrogen (secondary N) is 1. The van der Waals surface area contributed by atoms with Gasteiger partial charge in [0.1, 0.15) is 0 Å². The highest BCUT2D eigenvalue weighted by atomic mass is 15.0. The minimum atomic E-state index is 0.176. The minimum absolute atomic E-state index is 0.176. The average Bonchev–Trinajstić information content (AvgIpc) is 1.99. The Hall–Kier alpha value is -0.460. The molecule has 0 atom stereocenters. The summed E-state index contributed by atoms with van der Waals surface area (Å²) >= 11 is 0. The summed E-state index contributed by atoms with van der Waals surface area (Å²) in [6, 6.07) is 0. The Morgan fingerprint density at radius 3 is 1.80 bits per heavy atom. The molecule has 0 aromatic heterocycles. The van der Waals surface area contributed by atoms with Gasteiger partial charge in [-0.15, -0.1) is 0 Å². The molecular formula is C14H27N. The molecule has 1 aliphatic rings. The minimum Gasteiger partial charge on any atom is -0.382 e. The van der Waals surface area contributed by atoms with Crippen LogP contribution in [-0.4, -0.2) is 5.54 Å². The van der Waals surface area contributed by atoms with Gasteiger partial charge in [-0.25, -0.2) is 0 Å². The van der Waals surface area contributed by atoms with Gasteiger partial charge in [-0.05, 0) is 30.1 Å². The third-order valence-corrected chi connectivity index (χ3v) is 3.98. The summed E-state index contributed by atoms with van der Waals surface area (Å²) in [5, 5.41) is 3.72. The van der Waals surface area contributed by atoms with E-state index in [1.54, 1.807) is 0 Å². The van der Waals surface area contributed by atoms with Crippen molar-refractivity contribution in [3.05, 3.63) is 12.3 Å². The zero-order valence-corrected chi connectivity index (χ0v) is 11.3. The Morgan fingerprint density at radius 1 is 1.07 bits per heavy atom. The van der Waals surface area contributed by atoms with E-state index in [2.05, 4.69) is 53.4 Å². The fraction of sp³-hybridized carbons (Fsp3) is 0.857. The molecule has 0 amide bonds. The molecule has 0 radical (unpaired) electrons. The molecule has 0 spiro atoms. The topological polar surface area (TPSA) is 12.0 Å². The van der Waals surface area contributed by atoms with Gasteiger partial charge in [0.2, 0.25) is 0 Å². The summed E-state index contributed by atoms with van der Waals surface area (Å²) in [6.07, 6.45) is 3.65. The molecule has 1 nitrogen and oxygen atoms in total. The maximum Gasteiger partial charge on any atom is 0.0467 e. The summed E-state index contributed by atoms with van der Waals surface area (Å²) in [5.74, 6) is 0. The maximum atomic E-state index is 4.13. The van der Waals surface area contributed by atoms with Crippen molar-refractivity contribution in [2.75, 3.05) is 0 Å². The average molecular weight is 209 g/mol. The van der Waals surface area contributed by atoms with E-state index in [1.165, 1.54) is 18.5 Å².